The number of benzene rings is 1. The summed E-state index contributed by atoms with van der Waals surface area (Å²) in [5.74, 6) is 1.20. The Hall–Kier alpha value is -1.75. The summed E-state index contributed by atoms with van der Waals surface area (Å²) in [6.07, 6.45) is 7.44. The van der Waals surface area contributed by atoms with E-state index in [9.17, 15) is 4.79 Å². The monoisotopic (exact) mass is 374 g/mol. The van der Waals surface area contributed by atoms with Crippen molar-refractivity contribution in [2.24, 2.45) is 0 Å². The molecule has 1 aromatic rings. The normalized spacial score (nSPS) is 20.7. The number of hydrogen-bond donors (Lipinski definition) is 2. The Morgan fingerprint density at radius 1 is 1.19 bits per heavy atom. The Balaban J connectivity index is 1.51. The van der Waals surface area contributed by atoms with Gasteiger partial charge in [0.1, 0.15) is 5.75 Å². The molecule has 1 heterocycles. The molecule has 2 fully saturated rings. The van der Waals surface area contributed by atoms with Crippen molar-refractivity contribution in [2.75, 3.05) is 37.7 Å². The van der Waals surface area contributed by atoms with Gasteiger partial charge in [0.05, 0.1) is 38.5 Å². The largest absolute Gasteiger partial charge is 0.492 e. The lowest BCUT2D eigenvalue weighted by Gasteiger charge is -2.36. The summed E-state index contributed by atoms with van der Waals surface area (Å²) in [5, 5.41) is 3.33. The summed E-state index contributed by atoms with van der Waals surface area (Å²) in [5.41, 5.74) is 1.17. The van der Waals surface area contributed by atoms with E-state index in [-0.39, 0.29) is 11.9 Å². The van der Waals surface area contributed by atoms with Gasteiger partial charge in [-0.1, -0.05) is 37.8 Å². The first kappa shape index (κ1) is 20.0. The number of piperazine rings is 1. The molecular formula is C22H36N3O2+. The quantitative estimate of drug-likeness (QED) is 0.749. The number of rotatable bonds is 6. The Labute approximate surface area is 164 Å². The average Bonchev–Trinajstić information content (AvgIpc) is 2.97. The van der Waals surface area contributed by atoms with Crippen molar-refractivity contribution in [2.45, 2.75) is 64.5 Å². The molecule has 1 aliphatic heterocycles. The minimum Gasteiger partial charge on any atom is -0.492 e. The number of hydrogen-bond acceptors (Lipinski definition) is 3. The van der Waals surface area contributed by atoms with Gasteiger partial charge in [-0.05, 0) is 38.8 Å². The summed E-state index contributed by atoms with van der Waals surface area (Å²) in [6, 6.07) is 8.69. The molecule has 150 valence electrons. The molecule has 1 saturated heterocycles. The zero-order valence-corrected chi connectivity index (χ0v) is 17.0. The van der Waals surface area contributed by atoms with Crippen LogP contribution in [0.5, 0.6) is 5.75 Å². The molecule has 2 aliphatic rings. The van der Waals surface area contributed by atoms with Crippen molar-refractivity contribution in [3.63, 3.8) is 0 Å². The van der Waals surface area contributed by atoms with Crippen LogP contribution in [0, 0.1) is 0 Å². The second kappa shape index (κ2) is 9.98. The van der Waals surface area contributed by atoms with Gasteiger partial charge in [-0.3, -0.25) is 4.79 Å². The molecule has 0 aromatic heterocycles. The first-order valence-electron chi connectivity index (χ1n) is 10.8. The number of carbonyl (C=O) groups excluding carboxylic acids is 1. The third-order valence-corrected chi connectivity index (χ3v) is 6.12. The van der Waals surface area contributed by atoms with Crippen molar-refractivity contribution in [3.05, 3.63) is 24.3 Å². The van der Waals surface area contributed by atoms with Gasteiger partial charge in [0, 0.05) is 6.04 Å². The Morgan fingerprint density at radius 3 is 2.52 bits per heavy atom. The number of carbonyl (C=O) groups is 1. The standard InChI is InChI=1S/C22H35N3O2/c1-3-27-21-13-9-8-12-20(21)25-16-14-24(15-17-25)18(2)22(26)23-19-10-6-4-5-7-11-19/h8-9,12-13,18-19H,3-7,10-11,14-17H2,1-2H3,(H,23,26)/p+1/t18-/m1/s1. The molecule has 5 nitrogen and oxygen atoms in total. The maximum Gasteiger partial charge on any atom is 0.278 e. The summed E-state index contributed by atoms with van der Waals surface area (Å²) < 4.78 is 5.78. The SMILES string of the molecule is CCOc1ccccc1N1CC[NH+]([C@H](C)C(=O)NC2CCCCCC2)CC1. The number of nitrogens with zero attached hydrogens (tertiary/aromatic N) is 1. The van der Waals surface area contributed by atoms with Crippen LogP contribution in [0.1, 0.15) is 52.4 Å². The first-order chi connectivity index (χ1) is 13.2. The second-order valence-electron chi connectivity index (χ2n) is 7.96. The molecule has 27 heavy (non-hydrogen) atoms. The zero-order valence-electron chi connectivity index (χ0n) is 17.0. The maximum atomic E-state index is 12.7. The van der Waals surface area contributed by atoms with Gasteiger partial charge in [-0.25, -0.2) is 0 Å². The van der Waals surface area contributed by atoms with Crippen LogP contribution in [-0.4, -0.2) is 50.8 Å². The summed E-state index contributed by atoms with van der Waals surface area (Å²) in [4.78, 5) is 16.5. The van der Waals surface area contributed by atoms with Crippen LogP contribution < -0.4 is 19.9 Å². The van der Waals surface area contributed by atoms with Gasteiger partial charge in [-0.15, -0.1) is 0 Å². The highest BCUT2D eigenvalue weighted by atomic mass is 16.5. The predicted octanol–water partition coefficient (Wildman–Crippen LogP) is 2.02. The van der Waals surface area contributed by atoms with Gasteiger partial charge >= 0.3 is 0 Å². The summed E-state index contributed by atoms with van der Waals surface area (Å²) in [6.45, 7) is 8.68. The van der Waals surface area contributed by atoms with Gasteiger partial charge < -0.3 is 19.9 Å². The van der Waals surface area contributed by atoms with E-state index in [4.69, 9.17) is 4.74 Å². The van der Waals surface area contributed by atoms with Gasteiger partial charge in [0.2, 0.25) is 0 Å². The van der Waals surface area contributed by atoms with E-state index in [1.54, 1.807) is 0 Å². The first-order valence-corrected chi connectivity index (χ1v) is 10.8. The van der Waals surface area contributed by atoms with E-state index in [0.717, 1.165) is 44.8 Å². The topological polar surface area (TPSA) is 46.0 Å². The summed E-state index contributed by atoms with van der Waals surface area (Å²) in [7, 11) is 0. The van der Waals surface area contributed by atoms with E-state index in [1.165, 1.54) is 36.3 Å². The van der Waals surface area contributed by atoms with Gasteiger partial charge in [0.15, 0.2) is 6.04 Å². The maximum absolute atomic E-state index is 12.7. The highest BCUT2D eigenvalue weighted by Crippen LogP contribution is 2.27. The van der Waals surface area contributed by atoms with Crippen molar-refractivity contribution in [1.82, 2.24) is 5.32 Å². The Morgan fingerprint density at radius 2 is 1.85 bits per heavy atom. The van der Waals surface area contributed by atoms with Crippen LogP contribution in [0.4, 0.5) is 5.69 Å². The molecule has 0 radical (unpaired) electrons. The van der Waals surface area contributed by atoms with Crippen molar-refractivity contribution in [1.29, 1.82) is 0 Å². The third-order valence-electron chi connectivity index (χ3n) is 6.12. The van der Waals surface area contributed by atoms with Crippen LogP contribution in [-0.2, 0) is 4.79 Å². The van der Waals surface area contributed by atoms with Crippen LogP contribution in [0.25, 0.3) is 0 Å². The molecule has 1 saturated carbocycles. The van der Waals surface area contributed by atoms with E-state index in [2.05, 4.69) is 29.3 Å². The number of quaternary nitrogens is 1. The van der Waals surface area contributed by atoms with Crippen LogP contribution in [0.2, 0.25) is 0 Å². The zero-order chi connectivity index (χ0) is 19.1. The van der Waals surface area contributed by atoms with E-state index < -0.39 is 0 Å². The molecule has 0 unspecified atom stereocenters. The molecule has 1 aliphatic carbocycles. The third kappa shape index (κ3) is 5.38. The van der Waals surface area contributed by atoms with E-state index in [0.29, 0.717) is 12.6 Å². The molecule has 1 amide bonds. The number of amides is 1. The molecular weight excluding hydrogens is 338 g/mol. The number of para-hydroxylation sites is 2. The number of nitrogens with one attached hydrogen (secondary N) is 2. The molecule has 0 bridgehead atoms. The van der Waals surface area contributed by atoms with Crippen LogP contribution >= 0.6 is 0 Å². The fraction of sp³-hybridized carbons (Fsp3) is 0.682. The lowest BCUT2D eigenvalue weighted by molar-refractivity contribution is -0.914. The molecule has 1 atom stereocenters. The molecule has 0 spiro atoms. The molecule has 5 heteroatoms. The average molecular weight is 375 g/mol. The molecule has 1 aromatic carbocycles. The molecule has 3 rings (SSSR count). The smallest absolute Gasteiger partial charge is 0.278 e. The summed E-state index contributed by atoms with van der Waals surface area (Å²) >= 11 is 0. The van der Waals surface area contributed by atoms with Crippen molar-refractivity contribution < 1.29 is 14.4 Å². The van der Waals surface area contributed by atoms with Crippen molar-refractivity contribution in [3.8, 4) is 5.75 Å². The predicted molar refractivity (Wildman–Crippen MR) is 110 cm³/mol. The van der Waals surface area contributed by atoms with Gasteiger partial charge in [0.25, 0.3) is 5.91 Å². The lowest BCUT2D eigenvalue weighted by Crippen LogP contribution is -3.19. The van der Waals surface area contributed by atoms with E-state index >= 15 is 0 Å². The minimum absolute atomic E-state index is 0.0255. The van der Waals surface area contributed by atoms with Crippen LogP contribution in [0.3, 0.4) is 0 Å². The highest BCUT2D eigenvalue weighted by Gasteiger charge is 2.31. The van der Waals surface area contributed by atoms with Crippen LogP contribution in [0.15, 0.2) is 24.3 Å². The number of ether oxygens (including phenoxy) is 1. The van der Waals surface area contributed by atoms with Crippen molar-refractivity contribution >= 4 is 11.6 Å². The Bertz CT molecular complexity index is 591. The minimum atomic E-state index is 0.0255. The number of anilines is 1. The highest BCUT2D eigenvalue weighted by molar-refractivity contribution is 5.80. The van der Waals surface area contributed by atoms with E-state index in [1.807, 2.05) is 19.1 Å². The second-order valence-corrected chi connectivity index (χ2v) is 7.96. The van der Waals surface area contributed by atoms with Gasteiger partial charge in [-0.2, -0.15) is 0 Å². The lowest BCUT2D eigenvalue weighted by atomic mass is 10.1. The fourth-order valence-electron chi connectivity index (χ4n) is 4.40. The fourth-order valence-corrected chi connectivity index (χ4v) is 4.40. The Kier molecular flexibility index (Phi) is 7.39. The molecule has 2 N–H and O–H groups in total.